The lowest BCUT2D eigenvalue weighted by Crippen LogP contribution is -2.34. The second-order valence-electron chi connectivity index (χ2n) is 4.04. The maximum Gasteiger partial charge on any atom is 0.364 e. The molecule has 1 saturated heterocycles. The Labute approximate surface area is 96.8 Å². The second kappa shape index (κ2) is 4.17. The van der Waals surface area contributed by atoms with Crippen molar-refractivity contribution in [1.29, 1.82) is 0 Å². The summed E-state index contributed by atoms with van der Waals surface area (Å²) in [5, 5.41) is 13.5. The maximum atomic E-state index is 11.3. The number of rotatable bonds is 2. The van der Waals surface area contributed by atoms with Gasteiger partial charge in [-0.2, -0.15) is 9.61 Å². The van der Waals surface area contributed by atoms with Gasteiger partial charge in [0.15, 0.2) is 5.65 Å². The van der Waals surface area contributed by atoms with E-state index in [1.54, 1.807) is 12.1 Å². The van der Waals surface area contributed by atoms with Gasteiger partial charge in [0.2, 0.25) is 5.88 Å². The van der Waals surface area contributed by atoms with Crippen molar-refractivity contribution in [2.24, 2.45) is 0 Å². The summed E-state index contributed by atoms with van der Waals surface area (Å²) in [5.41, 5.74) is 0.142. The third-order valence-corrected chi connectivity index (χ3v) is 2.82. The quantitative estimate of drug-likeness (QED) is 0.736. The number of ether oxygens (including phenoxy) is 1. The van der Waals surface area contributed by atoms with Crippen LogP contribution in [-0.4, -0.2) is 39.0 Å². The summed E-state index contributed by atoms with van der Waals surface area (Å²) in [6.45, 7) is 1.91. The van der Waals surface area contributed by atoms with Crippen LogP contribution in [0.3, 0.4) is 0 Å². The predicted octanol–water partition coefficient (Wildman–Crippen LogP) is -0.452. The van der Waals surface area contributed by atoms with E-state index < -0.39 is 0 Å². The zero-order chi connectivity index (χ0) is 11.7. The Bertz CT molecular complexity index is 569. The molecular weight excluding hydrogens is 222 g/mol. The van der Waals surface area contributed by atoms with Crippen LogP contribution in [0.15, 0.2) is 16.9 Å². The van der Waals surface area contributed by atoms with Gasteiger partial charge < -0.3 is 10.1 Å². The first-order chi connectivity index (χ1) is 8.33. The molecule has 0 bridgehead atoms. The van der Waals surface area contributed by atoms with E-state index in [4.69, 9.17) is 4.74 Å². The molecule has 3 rings (SSSR count). The Morgan fingerprint density at radius 2 is 2.18 bits per heavy atom. The van der Waals surface area contributed by atoms with Crippen LogP contribution in [0.2, 0.25) is 0 Å². The number of hydrogen-bond acceptors (Lipinski definition) is 5. The molecule has 0 radical (unpaired) electrons. The van der Waals surface area contributed by atoms with E-state index in [2.05, 4.69) is 20.6 Å². The predicted molar refractivity (Wildman–Crippen MR) is 60.1 cm³/mol. The Balaban J connectivity index is 1.84. The fraction of sp³-hybridized carbons (Fsp3) is 0.500. The molecule has 0 spiro atoms. The average molecular weight is 235 g/mol. The van der Waals surface area contributed by atoms with Crippen molar-refractivity contribution in [3.8, 4) is 5.88 Å². The highest BCUT2D eigenvalue weighted by atomic mass is 16.5. The molecule has 2 N–H and O–H groups in total. The summed E-state index contributed by atoms with van der Waals surface area (Å²) in [5.74, 6) is 0.466. The van der Waals surface area contributed by atoms with Gasteiger partial charge in [0.25, 0.3) is 0 Å². The lowest BCUT2D eigenvalue weighted by Gasteiger charge is -2.22. The molecule has 1 aliphatic rings. The standard InChI is InChI=1S/C10H13N5O2/c16-10-13-12-8-1-2-9(14-15(8)10)17-7-3-5-11-6-4-7/h1-2,7,11H,3-6H2,(H,13,16). The van der Waals surface area contributed by atoms with Crippen LogP contribution in [-0.2, 0) is 0 Å². The van der Waals surface area contributed by atoms with Crippen molar-refractivity contribution < 1.29 is 4.74 Å². The maximum absolute atomic E-state index is 11.3. The summed E-state index contributed by atoms with van der Waals surface area (Å²) in [4.78, 5) is 11.3. The summed E-state index contributed by atoms with van der Waals surface area (Å²) < 4.78 is 6.94. The molecule has 0 amide bonds. The smallest absolute Gasteiger partial charge is 0.364 e. The third-order valence-electron chi connectivity index (χ3n) is 2.82. The van der Waals surface area contributed by atoms with Crippen LogP contribution in [0, 0.1) is 0 Å². The number of nitrogens with one attached hydrogen (secondary N) is 2. The first-order valence-corrected chi connectivity index (χ1v) is 5.65. The highest BCUT2D eigenvalue weighted by molar-refractivity contribution is 5.35. The van der Waals surface area contributed by atoms with Crippen LogP contribution < -0.4 is 15.7 Å². The van der Waals surface area contributed by atoms with E-state index in [1.165, 1.54) is 4.52 Å². The van der Waals surface area contributed by atoms with Crippen LogP contribution in [0.5, 0.6) is 5.88 Å². The highest BCUT2D eigenvalue weighted by Gasteiger charge is 2.15. The van der Waals surface area contributed by atoms with Gasteiger partial charge in [-0.05, 0) is 32.0 Å². The van der Waals surface area contributed by atoms with Gasteiger partial charge in [0.05, 0.1) is 0 Å². The van der Waals surface area contributed by atoms with Gasteiger partial charge in [-0.3, -0.25) is 0 Å². The Kier molecular flexibility index (Phi) is 2.52. The molecule has 2 aromatic heterocycles. The summed E-state index contributed by atoms with van der Waals surface area (Å²) in [6, 6.07) is 3.44. The van der Waals surface area contributed by atoms with Gasteiger partial charge in [-0.25, -0.2) is 9.89 Å². The van der Waals surface area contributed by atoms with Crippen molar-refractivity contribution in [2.75, 3.05) is 13.1 Å². The number of piperidine rings is 1. The zero-order valence-corrected chi connectivity index (χ0v) is 9.22. The largest absolute Gasteiger partial charge is 0.473 e. The lowest BCUT2D eigenvalue weighted by atomic mass is 10.1. The number of nitrogens with zero attached hydrogens (tertiary/aromatic N) is 3. The van der Waals surface area contributed by atoms with E-state index in [0.717, 1.165) is 25.9 Å². The molecule has 0 saturated carbocycles. The lowest BCUT2D eigenvalue weighted by molar-refractivity contribution is 0.154. The SMILES string of the molecule is O=c1[nH]nc2ccc(OC3CCNCC3)nn12. The van der Waals surface area contributed by atoms with E-state index >= 15 is 0 Å². The molecule has 1 aliphatic heterocycles. The summed E-state index contributed by atoms with van der Waals surface area (Å²) >= 11 is 0. The molecule has 1 fully saturated rings. The van der Waals surface area contributed by atoms with Crippen molar-refractivity contribution >= 4 is 5.65 Å². The van der Waals surface area contributed by atoms with Crippen LogP contribution >= 0.6 is 0 Å². The molecular formula is C10H13N5O2. The van der Waals surface area contributed by atoms with E-state index in [9.17, 15) is 4.79 Å². The zero-order valence-electron chi connectivity index (χ0n) is 9.22. The summed E-state index contributed by atoms with van der Waals surface area (Å²) in [7, 11) is 0. The molecule has 7 nitrogen and oxygen atoms in total. The van der Waals surface area contributed by atoms with Gasteiger partial charge in [-0.15, -0.1) is 5.10 Å². The minimum Gasteiger partial charge on any atom is -0.473 e. The average Bonchev–Trinajstić information content (AvgIpc) is 2.73. The van der Waals surface area contributed by atoms with Crippen molar-refractivity contribution in [1.82, 2.24) is 25.1 Å². The van der Waals surface area contributed by atoms with Gasteiger partial charge in [0, 0.05) is 6.07 Å². The molecule has 2 aromatic rings. The fourth-order valence-electron chi connectivity index (χ4n) is 1.93. The number of hydrogen-bond donors (Lipinski definition) is 2. The first-order valence-electron chi connectivity index (χ1n) is 5.65. The van der Waals surface area contributed by atoms with Gasteiger partial charge in [0.1, 0.15) is 6.10 Å². The molecule has 0 atom stereocenters. The second-order valence-corrected chi connectivity index (χ2v) is 4.04. The normalized spacial score (nSPS) is 17.4. The molecule has 0 aliphatic carbocycles. The Hall–Kier alpha value is -1.89. The van der Waals surface area contributed by atoms with Crippen LogP contribution in [0.25, 0.3) is 5.65 Å². The van der Waals surface area contributed by atoms with Crippen LogP contribution in [0.1, 0.15) is 12.8 Å². The number of aromatic nitrogens is 4. The Morgan fingerprint density at radius 3 is 3.00 bits per heavy atom. The third kappa shape index (κ3) is 2.01. The summed E-state index contributed by atoms with van der Waals surface area (Å²) in [6.07, 6.45) is 2.09. The van der Waals surface area contributed by atoms with Crippen molar-refractivity contribution in [3.63, 3.8) is 0 Å². The highest BCUT2D eigenvalue weighted by Crippen LogP contribution is 2.13. The number of H-pyrrole nitrogens is 1. The van der Waals surface area contributed by atoms with Crippen molar-refractivity contribution in [2.45, 2.75) is 18.9 Å². The van der Waals surface area contributed by atoms with Crippen molar-refractivity contribution in [3.05, 3.63) is 22.6 Å². The molecule has 3 heterocycles. The van der Waals surface area contributed by atoms with E-state index in [1.807, 2.05) is 0 Å². The topological polar surface area (TPSA) is 84.3 Å². The molecule has 17 heavy (non-hydrogen) atoms. The van der Waals surface area contributed by atoms with Gasteiger partial charge >= 0.3 is 5.69 Å². The minimum atomic E-state index is -0.351. The number of fused-ring (bicyclic) bond motifs is 1. The minimum absolute atomic E-state index is 0.170. The van der Waals surface area contributed by atoms with E-state index in [-0.39, 0.29) is 11.8 Å². The molecule has 90 valence electrons. The number of aromatic amines is 1. The Morgan fingerprint density at radius 1 is 1.35 bits per heavy atom. The monoisotopic (exact) mass is 235 g/mol. The van der Waals surface area contributed by atoms with E-state index in [0.29, 0.717) is 11.5 Å². The molecule has 0 aromatic carbocycles. The fourth-order valence-corrected chi connectivity index (χ4v) is 1.93. The molecule has 7 heteroatoms. The van der Waals surface area contributed by atoms with Crippen LogP contribution in [0.4, 0.5) is 0 Å². The van der Waals surface area contributed by atoms with Gasteiger partial charge in [-0.1, -0.05) is 0 Å². The molecule has 0 unspecified atom stereocenters. The first kappa shape index (κ1) is 10.3.